The number of aliphatic hydroxyl groups is 2. The third kappa shape index (κ3) is 4.00. The first-order chi connectivity index (χ1) is 15.1. The average Bonchev–Trinajstić information content (AvgIpc) is 3.10. The van der Waals surface area contributed by atoms with Gasteiger partial charge in [0, 0.05) is 6.42 Å². The predicted octanol–water partition coefficient (Wildman–Crippen LogP) is 3.59. The summed E-state index contributed by atoms with van der Waals surface area (Å²) < 4.78 is 0. The molecule has 0 spiro atoms. The molecular formula is C26H43NO5. The molecule has 0 heterocycles. The summed E-state index contributed by atoms with van der Waals surface area (Å²) in [5.74, 6) is 1.84. The van der Waals surface area contributed by atoms with E-state index in [1.54, 1.807) is 0 Å². The number of amides is 1. The fraction of sp³-hybridized carbons (Fsp3) is 0.923. The van der Waals surface area contributed by atoms with Crippen molar-refractivity contribution < 1.29 is 24.9 Å². The summed E-state index contributed by atoms with van der Waals surface area (Å²) in [4.78, 5) is 22.7. The van der Waals surface area contributed by atoms with Crippen molar-refractivity contribution in [3.63, 3.8) is 0 Å². The van der Waals surface area contributed by atoms with Crippen LogP contribution in [0.3, 0.4) is 0 Å². The second kappa shape index (κ2) is 8.90. The molecule has 4 rings (SSSR count). The summed E-state index contributed by atoms with van der Waals surface area (Å²) in [5.41, 5.74) is 0.145. The quantitative estimate of drug-likeness (QED) is 0.496. The van der Waals surface area contributed by atoms with E-state index in [2.05, 4.69) is 26.1 Å². The maximum absolute atomic E-state index is 12.0. The lowest BCUT2D eigenvalue weighted by molar-refractivity contribution is -0.175. The Labute approximate surface area is 192 Å². The molecule has 4 N–H and O–H groups in total. The van der Waals surface area contributed by atoms with Crippen molar-refractivity contribution in [1.29, 1.82) is 0 Å². The smallest absolute Gasteiger partial charge is 0.322 e. The maximum Gasteiger partial charge on any atom is 0.322 e. The van der Waals surface area contributed by atoms with Crippen LogP contribution in [0.5, 0.6) is 0 Å². The Morgan fingerprint density at radius 2 is 1.78 bits per heavy atom. The Bertz CT molecular complexity index is 727. The zero-order valence-electron chi connectivity index (χ0n) is 20.1. The highest BCUT2D eigenvalue weighted by molar-refractivity contribution is 5.81. The molecule has 6 nitrogen and oxygen atoms in total. The van der Waals surface area contributed by atoms with Gasteiger partial charge >= 0.3 is 5.97 Å². The lowest BCUT2D eigenvalue weighted by atomic mass is 9.43. The van der Waals surface area contributed by atoms with Crippen molar-refractivity contribution in [3.05, 3.63) is 0 Å². The van der Waals surface area contributed by atoms with Gasteiger partial charge in [-0.1, -0.05) is 20.8 Å². The topological polar surface area (TPSA) is 107 Å². The summed E-state index contributed by atoms with van der Waals surface area (Å²) in [7, 11) is 0. The number of hydrogen-bond donors (Lipinski definition) is 4. The largest absolute Gasteiger partial charge is 0.480 e. The van der Waals surface area contributed by atoms with Gasteiger partial charge in [0.1, 0.15) is 6.54 Å². The van der Waals surface area contributed by atoms with Gasteiger partial charge in [0.2, 0.25) is 5.91 Å². The van der Waals surface area contributed by atoms with Crippen LogP contribution in [-0.4, -0.2) is 45.9 Å². The number of rotatable bonds is 6. The van der Waals surface area contributed by atoms with Gasteiger partial charge in [-0.15, -0.1) is 0 Å². The van der Waals surface area contributed by atoms with Gasteiger partial charge in [0.15, 0.2) is 0 Å². The van der Waals surface area contributed by atoms with E-state index in [9.17, 15) is 19.8 Å². The third-order valence-electron chi connectivity index (χ3n) is 10.8. The first-order valence-corrected chi connectivity index (χ1v) is 12.9. The molecule has 0 bridgehead atoms. The summed E-state index contributed by atoms with van der Waals surface area (Å²) >= 11 is 0. The van der Waals surface area contributed by atoms with Crippen molar-refractivity contribution in [3.8, 4) is 0 Å². The molecule has 0 unspecified atom stereocenters. The Kier molecular flexibility index (Phi) is 6.68. The highest BCUT2D eigenvalue weighted by Crippen LogP contribution is 2.68. The number of carboxylic acids is 1. The second-order valence-electron chi connectivity index (χ2n) is 12.1. The van der Waals surface area contributed by atoms with Crippen molar-refractivity contribution in [2.24, 2.45) is 46.3 Å². The van der Waals surface area contributed by atoms with E-state index in [1.165, 1.54) is 12.8 Å². The average molecular weight is 450 g/mol. The zero-order chi connectivity index (χ0) is 23.3. The van der Waals surface area contributed by atoms with Crippen molar-refractivity contribution in [2.75, 3.05) is 6.54 Å². The molecule has 4 aliphatic carbocycles. The maximum atomic E-state index is 12.0. The van der Waals surface area contributed by atoms with Crippen molar-refractivity contribution >= 4 is 11.9 Å². The number of fused-ring (bicyclic) bond motifs is 5. The molecule has 32 heavy (non-hydrogen) atoms. The Morgan fingerprint density at radius 3 is 2.50 bits per heavy atom. The number of carboxylic acid groups (broad SMARTS) is 1. The second-order valence-corrected chi connectivity index (χ2v) is 12.1. The van der Waals surface area contributed by atoms with Crippen LogP contribution in [0, 0.1) is 46.3 Å². The van der Waals surface area contributed by atoms with Crippen LogP contribution < -0.4 is 5.32 Å². The standard InChI is InChI=1S/C26H43NO5/c1-15(4-9-23(30)27-14-24(31)32)19-7-8-20-18-6-5-16-12-17(28)10-11-25(16,2)21(18)13-22(29)26(19,20)3/h15-22,28-29H,4-14H2,1-3H3,(H,27,30)(H,31,32)/t15-,16+,17-,18+,19-,20-,21-,22+,25+,26-/m1/s1. The van der Waals surface area contributed by atoms with Gasteiger partial charge in [-0.3, -0.25) is 9.59 Å². The van der Waals surface area contributed by atoms with Crippen LogP contribution in [0.15, 0.2) is 0 Å². The Hall–Kier alpha value is -1.14. The molecule has 10 atom stereocenters. The number of hydrogen-bond acceptors (Lipinski definition) is 4. The van der Waals surface area contributed by atoms with E-state index in [0.29, 0.717) is 41.9 Å². The SMILES string of the molecule is C[C@H](CCC(=O)NCC(=O)O)[C@H]1CC[C@@H]2[C@@H]3CC[C@H]4C[C@H](O)CC[C@]4(C)[C@@H]3C[C@H](O)[C@@]21C. The van der Waals surface area contributed by atoms with E-state index in [0.717, 1.165) is 44.9 Å². The van der Waals surface area contributed by atoms with E-state index < -0.39 is 5.97 Å². The van der Waals surface area contributed by atoms with Crippen LogP contribution in [0.1, 0.15) is 85.0 Å². The number of carbonyl (C=O) groups excluding carboxylic acids is 1. The molecule has 0 saturated heterocycles. The molecule has 0 aromatic rings. The minimum atomic E-state index is -1.02. The minimum Gasteiger partial charge on any atom is -0.480 e. The lowest BCUT2D eigenvalue weighted by Gasteiger charge is -2.62. The molecule has 4 fully saturated rings. The molecule has 0 radical (unpaired) electrons. The van der Waals surface area contributed by atoms with Crippen LogP contribution in [-0.2, 0) is 9.59 Å². The number of aliphatic hydroxyl groups excluding tert-OH is 2. The van der Waals surface area contributed by atoms with Gasteiger partial charge in [-0.05, 0) is 104 Å². The summed E-state index contributed by atoms with van der Waals surface area (Å²) in [6, 6.07) is 0. The van der Waals surface area contributed by atoms with Crippen molar-refractivity contribution in [2.45, 2.75) is 97.2 Å². The van der Waals surface area contributed by atoms with E-state index in [4.69, 9.17) is 5.11 Å². The van der Waals surface area contributed by atoms with E-state index >= 15 is 0 Å². The molecule has 0 aliphatic heterocycles. The van der Waals surface area contributed by atoms with Gasteiger partial charge in [0.25, 0.3) is 0 Å². The molecular weight excluding hydrogens is 406 g/mol. The molecule has 4 saturated carbocycles. The fourth-order valence-electron chi connectivity index (χ4n) is 8.98. The monoisotopic (exact) mass is 449 g/mol. The van der Waals surface area contributed by atoms with Gasteiger partial charge in [0.05, 0.1) is 12.2 Å². The highest BCUT2D eigenvalue weighted by atomic mass is 16.4. The normalized spacial score (nSPS) is 46.5. The van der Waals surface area contributed by atoms with Gasteiger partial charge in [-0.2, -0.15) is 0 Å². The van der Waals surface area contributed by atoms with Crippen LogP contribution in [0.4, 0.5) is 0 Å². The zero-order valence-corrected chi connectivity index (χ0v) is 20.1. The lowest BCUT2D eigenvalue weighted by Crippen LogP contribution is -2.58. The molecule has 4 aliphatic rings. The number of carbonyl (C=O) groups is 2. The van der Waals surface area contributed by atoms with Crippen LogP contribution in [0.25, 0.3) is 0 Å². The first-order valence-electron chi connectivity index (χ1n) is 12.9. The fourth-order valence-corrected chi connectivity index (χ4v) is 8.98. The van der Waals surface area contributed by atoms with Gasteiger partial charge in [-0.25, -0.2) is 0 Å². The predicted molar refractivity (Wildman–Crippen MR) is 122 cm³/mol. The minimum absolute atomic E-state index is 0.102. The first kappa shape index (κ1) is 24.0. The van der Waals surface area contributed by atoms with Crippen LogP contribution in [0.2, 0.25) is 0 Å². The van der Waals surface area contributed by atoms with Gasteiger partial charge < -0.3 is 20.6 Å². The Balaban J connectivity index is 1.45. The summed E-state index contributed by atoms with van der Waals surface area (Å²) in [6.07, 6.45) is 9.12. The Morgan fingerprint density at radius 1 is 1.03 bits per heavy atom. The third-order valence-corrected chi connectivity index (χ3v) is 10.8. The van der Waals surface area contributed by atoms with E-state index in [-0.39, 0.29) is 35.5 Å². The number of aliphatic carboxylic acids is 1. The molecule has 0 aromatic carbocycles. The van der Waals surface area contributed by atoms with Crippen molar-refractivity contribution in [1.82, 2.24) is 5.32 Å². The molecule has 182 valence electrons. The molecule has 6 heteroatoms. The number of nitrogens with one attached hydrogen (secondary N) is 1. The molecule has 0 aromatic heterocycles. The summed E-state index contributed by atoms with van der Waals surface area (Å²) in [6.45, 7) is 6.65. The highest BCUT2D eigenvalue weighted by Gasteiger charge is 2.63. The van der Waals surface area contributed by atoms with Crippen LogP contribution >= 0.6 is 0 Å². The molecule has 1 amide bonds. The summed E-state index contributed by atoms with van der Waals surface area (Å²) in [5, 5.41) is 33.0. The van der Waals surface area contributed by atoms with E-state index in [1.807, 2.05) is 0 Å².